The number of nitrogens with one attached hydrogen (secondary N) is 4. The third-order valence-electron chi connectivity index (χ3n) is 5.88. The van der Waals surface area contributed by atoms with Gasteiger partial charge in [-0.2, -0.15) is 0 Å². The molecule has 1 amide bonds. The summed E-state index contributed by atoms with van der Waals surface area (Å²) in [5, 5.41) is 22.8. The number of aryl methyl sites for hydroxylation is 1. The molecule has 0 heterocycles. The number of aldehydes is 1. The molecule has 5 N–H and O–H groups in total. The summed E-state index contributed by atoms with van der Waals surface area (Å²) in [4.78, 5) is 23.9. The number of hydrogen-bond acceptors (Lipinski definition) is 8. The Morgan fingerprint density at radius 3 is 2.43 bits per heavy atom. The molecule has 0 aliphatic rings. The first-order chi connectivity index (χ1) is 17.5. The van der Waals surface area contributed by atoms with Crippen LogP contribution in [0.15, 0.2) is 41.3 Å². The molecule has 0 saturated carbocycles. The summed E-state index contributed by atoms with van der Waals surface area (Å²) in [6.45, 7) is 4.50. The Morgan fingerprint density at radius 1 is 1.16 bits per heavy atom. The predicted molar refractivity (Wildman–Crippen MR) is 138 cm³/mol. The van der Waals surface area contributed by atoms with Gasteiger partial charge in [0.15, 0.2) is 0 Å². The van der Waals surface area contributed by atoms with Crippen LogP contribution >= 0.6 is 0 Å². The molecular formula is C25H34N4O7S. The van der Waals surface area contributed by atoms with E-state index in [9.17, 15) is 23.1 Å². The van der Waals surface area contributed by atoms with E-state index in [1.807, 2.05) is 6.07 Å². The number of guanidine groups is 1. The number of rotatable bonds is 12. The summed E-state index contributed by atoms with van der Waals surface area (Å²) >= 11 is 0. The van der Waals surface area contributed by atoms with Gasteiger partial charge in [-0.3, -0.25) is 5.41 Å². The normalized spacial score (nSPS) is 12.7. The van der Waals surface area contributed by atoms with E-state index in [-0.39, 0.29) is 30.9 Å². The van der Waals surface area contributed by atoms with E-state index in [0.717, 1.165) is 5.56 Å². The highest BCUT2D eigenvalue weighted by Gasteiger charge is 2.31. The van der Waals surface area contributed by atoms with Gasteiger partial charge < -0.3 is 30.0 Å². The number of benzene rings is 2. The molecule has 202 valence electrons. The number of sulfonamides is 1. The number of aliphatic hydroxyl groups excluding tert-OH is 1. The molecule has 0 fully saturated rings. The molecule has 0 aliphatic carbocycles. The molecule has 11 nitrogen and oxygen atoms in total. The molecule has 2 rings (SSSR count). The molecule has 0 aromatic heterocycles. The van der Waals surface area contributed by atoms with Crippen LogP contribution in [-0.2, 0) is 26.2 Å². The van der Waals surface area contributed by atoms with Crippen molar-refractivity contribution in [3.8, 4) is 5.75 Å². The molecular weight excluding hydrogens is 500 g/mol. The monoisotopic (exact) mass is 534 g/mol. The van der Waals surface area contributed by atoms with Crippen LogP contribution in [0.2, 0.25) is 0 Å². The highest BCUT2D eigenvalue weighted by molar-refractivity contribution is 7.90. The Labute approximate surface area is 217 Å². The second-order valence-corrected chi connectivity index (χ2v) is 10.2. The molecule has 2 aromatic carbocycles. The number of ether oxygens (including phenoxy) is 2. The molecule has 12 heteroatoms. The van der Waals surface area contributed by atoms with Crippen molar-refractivity contribution in [3.63, 3.8) is 0 Å². The Bertz CT molecular complexity index is 1220. The summed E-state index contributed by atoms with van der Waals surface area (Å²) < 4.78 is 38.5. The molecule has 0 spiro atoms. The van der Waals surface area contributed by atoms with Crippen molar-refractivity contribution in [3.05, 3.63) is 58.7 Å². The number of methoxy groups -OCH3 is 1. The van der Waals surface area contributed by atoms with E-state index in [2.05, 4.69) is 15.4 Å². The summed E-state index contributed by atoms with van der Waals surface area (Å²) in [7, 11) is -2.54. The zero-order valence-corrected chi connectivity index (χ0v) is 22.2. The van der Waals surface area contributed by atoms with E-state index >= 15 is 0 Å². The highest BCUT2D eigenvalue weighted by atomic mass is 32.2. The second-order valence-electron chi connectivity index (χ2n) is 8.60. The number of aliphatic hydroxyl groups is 1. The van der Waals surface area contributed by atoms with Crippen molar-refractivity contribution in [2.24, 2.45) is 0 Å². The van der Waals surface area contributed by atoms with E-state index in [0.29, 0.717) is 28.7 Å². The number of alkyl carbamates (subject to hydrolysis) is 1. The van der Waals surface area contributed by atoms with Gasteiger partial charge in [-0.25, -0.2) is 17.9 Å². The summed E-state index contributed by atoms with van der Waals surface area (Å²) in [5.74, 6) is 0.116. The minimum Gasteiger partial charge on any atom is -0.496 e. The Balaban J connectivity index is 1.91. The standard InChI is InChI=1S/C25H34N4O7S/c1-17-13-21(35-4)18(2)19(3)22(17)37(33,34)29-23(26)27-12-8-11-25(15-30,16-31)28-24(32)36-14-20-9-6-5-7-10-20/h5-7,9-10,13,15,31H,8,11-12,14,16H2,1-4H3,(H,28,32)(H3,26,27,29)/t25-/m0/s1. The van der Waals surface area contributed by atoms with E-state index < -0.39 is 34.2 Å². The van der Waals surface area contributed by atoms with E-state index in [4.69, 9.17) is 14.9 Å². The fraction of sp³-hybridized carbons (Fsp3) is 0.400. The van der Waals surface area contributed by atoms with Gasteiger partial charge >= 0.3 is 6.09 Å². The molecule has 0 radical (unpaired) electrons. The van der Waals surface area contributed by atoms with Gasteiger partial charge in [-0.1, -0.05) is 30.3 Å². The first kappa shape index (κ1) is 29.6. The third-order valence-corrected chi connectivity index (χ3v) is 7.51. The lowest BCUT2D eigenvalue weighted by Gasteiger charge is -2.26. The average molecular weight is 535 g/mol. The minimum absolute atomic E-state index is 0.00142. The van der Waals surface area contributed by atoms with Crippen LogP contribution in [0.1, 0.15) is 35.1 Å². The van der Waals surface area contributed by atoms with Crippen LogP contribution < -0.4 is 20.1 Å². The zero-order chi connectivity index (χ0) is 27.6. The van der Waals surface area contributed by atoms with Crippen molar-refractivity contribution in [1.82, 2.24) is 15.4 Å². The summed E-state index contributed by atoms with van der Waals surface area (Å²) in [5.41, 5.74) is 0.854. The van der Waals surface area contributed by atoms with Gasteiger partial charge in [0.05, 0.1) is 18.6 Å². The highest BCUT2D eigenvalue weighted by Crippen LogP contribution is 2.30. The first-order valence-corrected chi connectivity index (χ1v) is 13.0. The zero-order valence-electron chi connectivity index (χ0n) is 21.4. The van der Waals surface area contributed by atoms with Gasteiger partial charge in [-0.15, -0.1) is 0 Å². The largest absolute Gasteiger partial charge is 0.496 e. The first-order valence-electron chi connectivity index (χ1n) is 11.5. The van der Waals surface area contributed by atoms with Gasteiger partial charge in [0, 0.05) is 6.54 Å². The van der Waals surface area contributed by atoms with E-state index in [1.54, 1.807) is 51.1 Å². The Hall–Kier alpha value is -3.64. The van der Waals surface area contributed by atoms with Crippen LogP contribution in [0.5, 0.6) is 5.75 Å². The van der Waals surface area contributed by atoms with Crippen molar-refractivity contribution < 1.29 is 32.6 Å². The maximum Gasteiger partial charge on any atom is 0.408 e. The van der Waals surface area contributed by atoms with E-state index in [1.165, 1.54) is 7.11 Å². The molecule has 2 aromatic rings. The molecule has 0 unspecified atom stereocenters. The second kappa shape index (κ2) is 13.1. The maximum absolute atomic E-state index is 12.9. The van der Waals surface area contributed by atoms with Crippen molar-refractivity contribution >= 4 is 28.4 Å². The van der Waals surface area contributed by atoms with Crippen LogP contribution in [-0.4, -0.2) is 57.7 Å². The van der Waals surface area contributed by atoms with Crippen LogP contribution in [0.4, 0.5) is 4.79 Å². The predicted octanol–water partition coefficient (Wildman–Crippen LogP) is 2.06. The van der Waals surface area contributed by atoms with Gasteiger partial charge in [-0.05, 0) is 61.9 Å². The Morgan fingerprint density at radius 2 is 1.84 bits per heavy atom. The fourth-order valence-electron chi connectivity index (χ4n) is 3.75. The number of amides is 1. The smallest absolute Gasteiger partial charge is 0.408 e. The van der Waals surface area contributed by atoms with Crippen molar-refractivity contribution in [2.75, 3.05) is 20.3 Å². The molecule has 0 saturated heterocycles. The maximum atomic E-state index is 12.9. The Kier molecular flexibility index (Phi) is 10.4. The lowest BCUT2D eigenvalue weighted by atomic mass is 9.96. The topological polar surface area (TPSA) is 167 Å². The van der Waals surface area contributed by atoms with Crippen LogP contribution in [0.25, 0.3) is 0 Å². The van der Waals surface area contributed by atoms with Gasteiger partial charge in [0.2, 0.25) is 5.96 Å². The number of hydrogen-bond donors (Lipinski definition) is 5. The molecule has 1 atom stereocenters. The average Bonchev–Trinajstić information content (AvgIpc) is 2.87. The van der Waals surface area contributed by atoms with Crippen molar-refractivity contribution in [2.45, 2.75) is 50.7 Å². The molecule has 0 bridgehead atoms. The van der Waals surface area contributed by atoms with Gasteiger partial charge in [0.25, 0.3) is 10.0 Å². The quantitative estimate of drug-likeness (QED) is 0.119. The lowest BCUT2D eigenvalue weighted by molar-refractivity contribution is -0.115. The number of carbonyl (C=O) groups excluding carboxylic acids is 2. The molecule has 37 heavy (non-hydrogen) atoms. The lowest BCUT2D eigenvalue weighted by Crippen LogP contribution is -2.53. The SMILES string of the molecule is COc1cc(C)c(S(=O)(=O)NC(=N)NCCC[C@](C=O)(CO)NC(=O)OCc2ccccc2)c(C)c1C. The fourth-order valence-corrected chi connectivity index (χ4v) is 5.24. The number of carbonyl (C=O) groups is 2. The van der Waals surface area contributed by atoms with Gasteiger partial charge in [0.1, 0.15) is 24.2 Å². The summed E-state index contributed by atoms with van der Waals surface area (Å²) in [6, 6.07) is 10.6. The van der Waals surface area contributed by atoms with Crippen molar-refractivity contribution in [1.29, 1.82) is 5.41 Å². The summed E-state index contributed by atoms with van der Waals surface area (Å²) in [6.07, 6.45) is -0.181. The minimum atomic E-state index is -4.05. The third kappa shape index (κ3) is 7.92. The van der Waals surface area contributed by atoms with Crippen LogP contribution in [0.3, 0.4) is 0 Å². The van der Waals surface area contributed by atoms with Crippen LogP contribution in [0, 0.1) is 26.2 Å². The molecule has 0 aliphatic heterocycles.